The van der Waals surface area contributed by atoms with Crippen LogP contribution in [-0.4, -0.2) is 24.8 Å². The van der Waals surface area contributed by atoms with Gasteiger partial charge in [-0.2, -0.15) is 0 Å². The van der Waals surface area contributed by atoms with Gasteiger partial charge in [0.15, 0.2) is 6.10 Å². The van der Waals surface area contributed by atoms with Crippen LogP contribution in [-0.2, 0) is 14.3 Å². The maximum atomic E-state index is 11.6. The van der Waals surface area contributed by atoms with Crippen LogP contribution in [0.2, 0.25) is 0 Å². The summed E-state index contributed by atoms with van der Waals surface area (Å²) in [6.07, 6.45) is 5.63. The lowest BCUT2D eigenvalue weighted by molar-refractivity contribution is -0.142. The van der Waals surface area contributed by atoms with E-state index in [1.807, 2.05) is 0 Å². The minimum absolute atomic E-state index is 0.183. The second-order valence-electron chi connectivity index (χ2n) is 5.43. The third-order valence-electron chi connectivity index (χ3n) is 4.15. The summed E-state index contributed by atoms with van der Waals surface area (Å²) >= 11 is 0. The molecule has 1 aliphatic carbocycles. The number of carbonyl (C=O) groups is 1. The third-order valence-corrected chi connectivity index (χ3v) is 4.15. The fraction of sp³-hybridized carbons (Fsp3) is 0.923. The van der Waals surface area contributed by atoms with Gasteiger partial charge in [-0.05, 0) is 24.7 Å². The summed E-state index contributed by atoms with van der Waals surface area (Å²) in [5.74, 6) is 0.902. The Balaban J connectivity index is 2.13. The van der Waals surface area contributed by atoms with Crippen molar-refractivity contribution in [3.05, 3.63) is 0 Å². The molecule has 1 heterocycles. The number of carbonyl (C=O) groups excluding carboxylic acids is 1. The molecular weight excluding hydrogens is 204 g/mol. The number of methoxy groups -OCH3 is 1. The molecule has 1 spiro atoms. The van der Waals surface area contributed by atoms with E-state index in [4.69, 9.17) is 9.47 Å². The molecule has 0 radical (unpaired) electrons. The Morgan fingerprint density at radius 2 is 2.12 bits per heavy atom. The van der Waals surface area contributed by atoms with Crippen LogP contribution in [0.1, 0.15) is 46.0 Å². The van der Waals surface area contributed by atoms with Crippen molar-refractivity contribution in [3.63, 3.8) is 0 Å². The molecule has 3 atom stereocenters. The van der Waals surface area contributed by atoms with E-state index in [2.05, 4.69) is 13.8 Å². The summed E-state index contributed by atoms with van der Waals surface area (Å²) < 4.78 is 10.6. The van der Waals surface area contributed by atoms with E-state index in [9.17, 15) is 4.79 Å². The standard InChI is InChI=1S/C13H22O3/c1-9(2)10-7-5-4-6-8-13(10)11(16-13)12(14)15-3/h9-11H,4-8H2,1-3H3. The zero-order valence-electron chi connectivity index (χ0n) is 10.5. The van der Waals surface area contributed by atoms with Crippen molar-refractivity contribution in [1.82, 2.24) is 0 Å². The molecule has 0 aromatic rings. The maximum absolute atomic E-state index is 11.6. The molecule has 0 N–H and O–H groups in total. The first-order chi connectivity index (χ1) is 7.62. The van der Waals surface area contributed by atoms with E-state index in [1.54, 1.807) is 0 Å². The van der Waals surface area contributed by atoms with Gasteiger partial charge in [0.25, 0.3) is 0 Å². The number of hydrogen-bond acceptors (Lipinski definition) is 3. The molecule has 0 amide bonds. The van der Waals surface area contributed by atoms with E-state index in [0.717, 1.165) is 6.42 Å². The Morgan fingerprint density at radius 3 is 2.75 bits per heavy atom. The van der Waals surface area contributed by atoms with E-state index in [0.29, 0.717) is 11.8 Å². The van der Waals surface area contributed by atoms with Crippen molar-refractivity contribution in [2.45, 2.75) is 57.7 Å². The lowest BCUT2D eigenvalue weighted by Gasteiger charge is -2.25. The van der Waals surface area contributed by atoms with Gasteiger partial charge in [0.05, 0.1) is 7.11 Å². The summed E-state index contributed by atoms with van der Waals surface area (Å²) in [7, 11) is 1.44. The summed E-state index contributed by atoms with van der Waals surface area (Å²) in [5, 5.41) is 0. The molecule has 2 fully saturated rings. The van der Waals surface area contributed by atoms with Crippen molar-refractivity contribution in [3.8, 4) is 0 Å². The van der Waals surface area contributed by atoms with Crippen LogP contribution >= 0.6 is 0 Å². The van der Waals surface area contributed by atoms with E-state index in [-0.39, 0.29) is 17.7 Å². The zero-order chi connectivity index (χ0) is 11.8. The Labute approximate surface area is 97.5 Å². The molecule has 3 unspecified atom stereocenters. The van der Waals surface area contributed by atoms with Crippen molar-refractivity contribution < 1.29 is 14.3 Å². The second kappa shape index (κ2) is 4.36. The third kappa shape index (κ3) is 1.86. The number of rotatable bonds is 2. The highest BCUT2D eigenvalue weighted by molar-refractivity contribution is 5.79. The number of esters is 1. The molecule has 16 heavy (non-hydrogen) atoms. The van der Waals surface area contributed by atoms with E-state index < -0.39 is 0 Å². The molecule has 0 bridgehead atoms. The topological polar surface area (TPSA) is 38.8 Å². The van der Waals surface area contributed by atoms with Crippen LogP contribution in [0.15, 0.2) is 0 Å². The molecular formula is C13H22O3. The second-order valence-corrected chi connectivity index (χ2v) is 5.43. The van der Waals surface area contributed by atoms with E-state index in [1.165, 1.54) is 32.8 Å². The van der Waals surface area contributed by atoms with E-state index >= 15 is 0 Å². The molecule has 3 heteroatoms. The molecule has 2 aliphatic rings. The smallest absolute Gasteiger partial charge is 0.338 e. The predicted molar refractivity (Wildman–Crippen MR) is 61.0 cm³/mol. The fourth-order valence-corrected chi connectivity index (χ4v) is 3.28. The van der Waals surface area contributed by atoms with Gasteiger partial charge >= 0.3 is 5.97 Å². The van der Waals surface area contributed by atoms with Gasteiger partial charge in [0, 0.05) is 0 Å². The van der Waals surface area contributed by atoms with Crippen LogP contribution in [0.5, 0.6) is 0 Å². The van der Waals surface area contributed by atoms with Gasteiger partial charge in [0.1, 0.15) is 5.60 Å². The quantitative estimate of drug-likeness (QED) is 0.536. The number of epoxide rings is 1. The molecule has 1 saturated carbocycles. The summed E-state index contributed by atoms with van der Waals surface area (Å²) in [6, 6.07) is 0. The normalized spacial score (nSPS) is 38.5. The maximum Gasteiger partial charge on any atom is 0.338 e. The molecule has 0 aromatic heterocycles. The zero-order valence-corrected chi connectivity index (χ0v) is 10.5. The van der Waals surface area contributed by atoms with Gasteiger partial charge in [-0.3, -0.25) is 0 Å². The summed E-state index contributed by atoms with van der Waals surface area (Å²) in [6.45, 7) is 4.46. The van der Waals surface area contributed by atoms with Crippen molar-refractivity contribution in [2.75, 3.05) is 7.11 Å². The highest BCUT2D eigenvalue weighted by atomic mass is 16.7. The highest BCUT2D eigenvalue weighted by Gasteiger charge is 2.65. The van der Waals surface area contributed by atoms with Gasteiger partial charge in [0.2, 0.25) is 0 Å². The van der Waals surface area contributed by atoms with Crippen LogP contribution < -0.4 is 0 Å². The minimum atomic E-state index is -0.289. The Hall–Kier alpha value is -0.570. The Bertz CT molecular complexity index is 274. The van der Waals surface area contributed by atoms with Gasteiger partial charge in [-0.15, -0.1) is 0 Å². The van der Waals surface area contributed by atoms with Crippen molar-refractivity contribution >= 4 is 5.97 Å². The minimum Gasteiger partial charge on any atom is -0.467 e. The van der Waals surface area contributed by atoms with Crippen LogP contribution in [0, 0.1) is 11.8 Å². The van der Waals surface area contributed by atoms with Gasteiger partial charge < -0.3 is 9.47 Å². The first-order valence-electron chi connectivity index (χ1n) is 6.37. The molecule has 3 nitrogen and oxygen atoms in total. The van der Waals surface area contributed by atoms with Crippen LogP contribution in [0.25, 0.3) is 0 Å². The first kappa shape index (κ1) is 11.9. The van der Waals surface area contributed by atoms with Crippen molar-refractivity contribution in [1.29, 1.82) is 0 Å². The van der Waals surface area contributed by atoms with Crippen LogP contribution in [0.4, 0.5) is 0 Å². The fourth-order valence-electron chi connectivity index (χ4n) is 3.28. The number of ether oxygens (including phenoxy) is 2. The van der Waals surface area contributed by atoms with Crippen molar-refractivity contribution in [2.24, 2.45) is 11.8 Å². The Morgan fingerprint density at radius 1 is 1.38 bits per heavy atom. The first-order valence-corrected chi connectivity index (χ1v) is 6.37. The van der Waals surface area contributed by atoms with Gasteiger partial charge in [-0.25, -0.2) is 4.79 Å². The Kier molecular flexibility index (Phi) is 3.24. The highest BCUT2D eigenvalue weighted by Crippen LogP contribution is 2.53. The van der Waals surface area contributed by atoms with Crippen LogP contribution in [0.3, 0.4) is 0 Å². The summed E-state index contributed by atoms with van der Waals surface area (Å²) in [5.41, 5.74) is -0.183. The number of hydrogen-bond donors (Lipinski definition) is 0. The SMILES string of the molecule is COC(=O)C1OC12CCCCCC2C(C)C. The monoisotopic (exact) mass is 226 g/mol. The van der Waals surface area contributed by atoms with Gasteiger partial charge in [-0.1, -0.05) is 33.1 Å². The molecule has 92 valence electrons. The molecule has 2 rings (SSSR count). The lowest BCUT2D eigenvalue weighted by Crippen LogP contribution is -2.33. The summed E-state index contributed by atoms with van der Waals surface area (Å²) in [4.78, 5) is 11.6. The average Bonchev–Trinajstić information content (AvgIpc) is 3.01. The molecule has 1 saturated heterocycles. The predicted octanol–water partition coefficient (Wildman–Crippen LogP) is 2.53. The molecule has 1 aliphatic heterocycles. The lowest BCUT2D eigenvalue weighted by atomic mass is 9.77. The largest absolute Gasteiger partial charge is 0.467 e. The average molecular weight is 226 g/mol. The molecule has 0 aromatic carbocycles.